The zero-order valence-electron chi connectivity index (χ0n) is 12.1. The Balaban J connectivity index is 4.04. The summed E-state index contributed by atoms with van der Waals surface area (Å²) in [7, 11) is 1.35. The summed E-state index contributed by atoms with van der Waals surface area (Å²) >= 11 is 3.08. The van der Waals surface area contributed by atoms with E-state index in [1.54, 1.807) is 18.7 Å². The van der Waals surface area contributed by atoms with Crippen LogP contribution in [0.4, 0.5) is 0 Å². The summed E-state index contributed by atoms with van der Waals surface area (Å²) in [6.07, 6.45) is 0.832. The predicted molar refractivity (Wildman–Crippen MR) is 83.2 cm³/mol. The summed E-state index contributed by atoms with van der Waals surface area (Å²) in [6.45, 7) is 1.33. The van der Waals surface area contributed by atoms with Gasteiger partial charge in [0.05, 0.1) is 26.7 Å². The summed E-state index contributed by atoms with van der Waals surface area (Å²) in [5.74, 6) is 2.36. The number of rotatable bonds is 12. The zero-order chi connectivity index (χ0) is 15.4. The highest BCUT2D eigenvalue weighted by Crippen LogP contribution is 2.27. The maximum Gasteiger partial charge on any atom is 0.306 e. The second-order valence-electron chi connectivity index (χ2n) is 4.70. The fourth-order valence-corrected chi connectivity index (χ4v) is 3.92. The first-order valence-electron chi connectivity index (χ1n) is 6.43. The highest BCUT2D eigenvalue weighted by molar-refractivity contribution is 8.00. The second-order valence-corrected chi connectivity index (χ2v) is 6.91. The van der Waals surface area contributed by atoms with E-state index in [1.807, 2.05) is 0 Å². The largest absolute Gasteiger partial charge is 0.469 e. The average Bonchev–Trinajstić information content (AvgIpc) is 2.45. The fourth-order valence-electron chi connectivity index (χ4n) is 1.33. The third-order valence-corrected chi connectivity index (χ3v) is 5.38. The molecule has 0 unspecified atom stereocenters. The number of Topliss-reactive ketones (excluding diaryl/α,β-unsaturated/α-hetero) is 1. The minimum absolute atomic E-state index is 0.109. The van der Waals surface area contributed by atoms with Gasteiger partial charge in [0, 0.05) is 34.8 Å². The Hall–Kier alpha value is -0.240. The van der Waals surface area contributed by atoms with Crippen LogP contribution in [0.3, 0.4) is 0 Å². The van der Waals surface area contributed by atoms with Crippen molar-refractivity contribution in [2.24, 2.45) is 5.41 Å². The van der Waals surface area contributed by atoms with Crippen LogP contribution in [0.15, 0.2) is 0 Å². The minimum Gasteiger partial charge on any atom is -0.469 e. The molecule has 0 aliphatic heterocycles. The van der Waals surface area contributed by atoms with E-state index in [2.05, 4.69) is 4.74 Å². The Labute approximate surface area is 128 Å². The van der Waals surface area contributed by atoms with Crippen LogP contribution in [-0.2, 0) is 14.3 Å². The number of aliphatic hydroxyl groups is 2. The third-order valence-electron chi connectivity index (χ3n) is 2.76. The molecule has 0 rings (SSSR count). The molecule has 0 atom stereocenters. The van der Waals surface area contributed by atoms with Gasteiger partial charge in [0.2, 0.25) is 0 Å². The lowest BCUT2D eigenvalue weighted by Gasteiger charge is -2.29. The van der Waals surface area contributed by atoms with Gasteiger partial charge in [0.1, 0.15) is 5.78 Å². The maximum absolute atomic E-state index is 11.0. The Morgan fingerprint density at radius 1 is 1.05 bits per heavy atom. The molecular formula is C13H24O5S2. The minimum atomic E-state index is -0.567. The molecule has 5 nitrogen and oxygen atoms in total. The van der Waals surface area contributed by atoms with Crippen LogP contribution in [0, 0.1) is 5.41 Å². The van der Waals surface area contributed by atoms with E-state index in [0.717, 1.165) is 0 Å². The third kappa shape index (κ3) is 8.84. The molecule has 0 bridgehead atoms. The van der Waals surface area contributed by atoms with Gasteiger partial charge in [0.25, 0.3) is 0 Å². The van der Waals surface area contributed by atoms with Crippen LogP contribution in [0.1, 0.15) is 19.8 Å². The van der Waals surface area contributed by atoms with Gasteiger partial charge in [-0.1, -0.05) is 0 Å². The van der Waals surface area contributed by atoms with Crippen LogP contribution < -0.4 is 0 Å². The molecule has 0 aromatic rings. The molecule has 0 amide bonds. The van der Waals surface area contributed by atoms with E-state index in [4.69, 9.17) is 0 Å². The Morgan fingerprint density at radius 3 is 1.95 bits per heavy atom. The molecule has 2 N–H and O–H groups in total. The van der Waals surface area contributed by atoms with Crippen molar-refractivity contribution in [2.75, 3.05) is 43.3 Å². The number of hydrogen-bond donors (Lipinski definition) is 2. The lowest BCUT2D eigenvalue weighted by molar-refractivity contribution is -0.140. The number of ketones is 1. The highest BCUT2D eigenvalue weighted by atomic mass is 32.2. The first-order chi connectivity index (χ1) is 9.49. The average molecular weight is 324 g/mol. The second kappa shape index (κ2) is 11.4. The lowest BCUT2D eigenvalue weighted by Crippen LogP contribution is -2.35. The molecule has 0 spiro atoms. The molecule has 0 aliphatic rings. The molecule has 7 heteroatoms. The van der Waals surface area contributed by atoms with Crippen LogP contribution in [0.5, 0.6) is 0 Å². The summed E-state index contributed by atoms with van der Waals surface area (Å²) in [4.78, 5) is 21.8. The number of carbonyl (C=O) groups is 2. The first-order valence-corrected chi connectivity index (χ1v) is 8.74. The number of thioether (sulfide) groups is 2. The predicted octanol–water partition coefficient (Wildman–Crippen LogP) is 0.966. The lowest BCUT2D eigenvalue weighted by atomic mass is 9.96. The van der Waals surface area contributed by atoms with Gasteiger partial charge in [0.15, 0.2) is 0 Å². The van der Waals surface area contributed by atoms with Gasteiger partial charge < -0.3 is 14.9 Å². The van der Waals surface area contributed by atoms with Crippen molar-refractivity contribution >= 4 is 35.3 Å². The number of aliphatic hydroxyl groups excluding tert-OH is 2. The Morgan fingerprint density at radius 2 is 1.55 bits per heavy atom. The molecule has 0 radical (unpaired) electrons. The van der Waals surface area contributed by atoms with Gasteiger partial charge in [-0.05, 0) is 6.92 Å². The zero-order valence-corrected chi connectivity index (χ0v) is 13.7. The summed E-state index contributed by atoms with van der Waals surface area (Å²) in [5.41, 5.74) is -0.567. The molecule has 118 valence electrons. The van der Waals surface area contributed by atoms with E-state index in [-0.39, 0.29) is 25.0 Å². The molecule has 0 saturated heterocycles. The molecule has 0 fully saturated rings. The van der Waals surface area contributed by atoms with Gasteiger partial charge in [-0.2, -0.15) is 23.5 Å². The monoisotopic (exact) mass is 324 g/mol. The highest BCUT2D eigenvalue weighted by Gasteiger charge is 2.28. The van der Waals surface area contributed by atoms with Crippen LogP contribution in [0.2, 0.25) is 0 Å². The van der Waals surface area contributed by atoms with Gasteiger partial charge >= 0.3 is 5.97 Å². The smallest absolute Gasteiger partial charge is 0.306 e. The molecule has 0 saturated carbocycles. The Bertz CT molecular complexity index is 292. The van der Waals surface area contributed by atoms with Crippen molar-refractivity contribution in [1.29, 1.82) is 0 Å². The quantitative estimate of drug-likeness (QED) is 0.409. The van der Waals surface area contributed by atoms with Crippen molar-refractivity contribution in [3.63, 3.8) is 0 Å². The van der Waals surface area contributed by atoms with Crippen molar-refractivity contribution in [3.05, 3.63) is 0 Å². The molecular weight excluding hydrogens is 300 g/mol. The topological polar surface area (TPSA) is 83.8 Å². The van der Waals surface area contributed by atoms with Crippen molar-refractivity contribution in [2.45, 2.75) is 19.8 Å². The normalized spacial score (nSPS) is 11.4. The molecule has 0 aromatic heterocycles. The van der Waals surface area contributed by atoms with Gasteiger partial charge in [-0.25, -0.2) is 0 Å². The van der Waals surface area contributed by atoms with Crippen LogP contribution in [0.25, 0.3) is 0 Å². The molecule has 0 aromatic carbocycles. The summed E-state index contributed by atoms with van der Waals surface area (Å²) in [6, 6.07) is 0. The summed E-state index contributed by atoms with van der Waals surface area (Å²) < 4.78 is 4.55. The maximum atomic E-state index is 11.0. The number of hydrogen-bond acceptors (Lipinski definition) is 7. The standard InChI is InChI=1S/C13H24O5S2/c1-11(16)3-5-19-9-13(7-14,8-15)10-20-6-4-12(17)18-2/h14-15H,3-10H2,1-2H3. The molecule has 20 heavy (non-hydrogen) atoms. The summed E-state index contributed by atoms with van der Waals surface area (Å²) in [5, 5.41) is 19.0. The van der Waals surface area contributed by atoms with Gasteiger partial charge in [-0.15, -0.1) is 0 Å². The number of carbonyl (C=O) groups excluding carboxylic acids is 2. The molecule has 0 aliphatic carbocycles. The van der Waals surface area contributed by atoms with E-state index in [9.17, 15) is 19.8 Å². The van der Waals surface area contributed by atoms with Crippen molar-refractivity contribution in [1.82, 2.24) is 0 Å². The number of methoxy groups -OCH3 is 1. The number of ether oxygens (including phenoxy) is 1. The SMILES string of the molecule is COC(=O)CCSCC(CO)(CO)CSCCC(C)=O. The first kappa shape index (κ1) is 19.8. The fraction of sp³-hybridized carbons (Fsp3) is 0.846. The van der Waals surface area contributed by atoms with Crippen LogP contribution >= 0.6 is 23.5 Å². The van der Waals surface area contributed by atoms with Crippen LogP contribution in [-0.4, -0.2) is 65.3 Å². The van der Waals surface area contributed by atoms with E-state index >= 15 is 0 Å². The van der Waals surface area contributed by atoms with E-state index in [0.29, 0.717) is 35.9 Å². The van der Waals surface area contributed by atoms with Gasteiger partial charge in [-0.3, -0.25) is 9.59 Å². The van der Waals surface area contributed by atoms with Crippen molar-refractivity contribution < 1.29 is 24.5 Å². The van der Waals surface area contributed by atoms with Crippen molar-refractivity contribution in [3.8, 4) is 0 Å². The molecule has 0 heterocycles. The number of esters is 1. The van der Waals surface area contributed by atoms with E-state index < -0.39 is 5.41 Å². The van der Waals surface area contributed by atoms with E-state index in [1.165, 1.54) is 18.9 Å². The Kier molecular flexibility index (Phi) is 11.3.